The Morgan fingerprint density at radius 3 is 2.72 bits per heavy atom. The van der Waals surface area contributed by atoms with Crippen molar-refractivity contribution in [2.24, 2.45) is 0 Å². The second kappa shape index (κ2) is 9.76. The summed E-state index contributed by atoms with van der Waals surface area (Å²) in [7, 11) is 0. The van der Waals surface area contributed by atoms with Gasteiger partial charge in [-0.15, -0.1) is 0 Å². The summed E-state index contributed by atoms with van der Waals surface area (Å²) in [5.41, 5.74) is 0.981. The molecule has 164 valence electrons. The van der Waals surface area contributed by atoms with Gasteiger partial charge in [-0.05, 0) is 53.2 Å². The zero-order valence-corrected chi connectivity index (χ0v) is 19.0. The first kappa shape index (κ1) is 22.4. The van der Waals surface area contributed by atoms with Crippen LogP contribution in [0, 0.1) is 5.82 Å². The van der Waals surface area contributed by atoms with E-state index in [9.17, 15) is 14.0 Å². The SMILES string of the molecule is CCCCOc1ccc2ccccc2c1C=C1SC(=O)N(Cc2ccc(Cl)cc2F)C1=O. The Labute approximate surface area is 195 Å². The first-order valence-corrected chi connectivity index (χ1v) is 11.5. The average molecular weight is 470 g/mol. The minimum Gasteiger partial charge on any atom is -0.493 e. The third-order valence-electron chi connectivity index (χ3n) is 5.18. The molecule has 0 N–H and O–H groups in total. The van der Waals surface area contributed by atoms with E-state index in [2.05, 4.69) is 6.92 Å². The number of carbonyl (C=O) groups excluding carboxylic acids is 2. The first-order valence-electron chi connectivity index (χ1n) is 10.3. The molecule has 32 heavy (non-hydrogen) atoms. The highest BCUT2D eigenvalue weighted by atomic mass is 35.5. The molecular weight excluding hydrogens is 449 g/mol. The van der Waals surface area contributed by atoms with Gasteiger partial charge in [0.2, 0.25) is 0 Å². The molecule has 1 aliphatic rings. The summed E-state index contributed by atoms with van der Waals surface area (Å²) in [5, 5.41) is 1.75. The van der Waals surface area contributed by atoms with E-state index in [1.165, 1.54) is 18.2 Å². The van der Waals surface area contributed by atoms with Crippen LogP contribution in [0.15, 0.2) is 59.5 Å². The lowest BCUT2D eigenvalue weighted by atomic mass is 10.0. The molecule has 0 aliphatic carbocycles. The van der Waals surface area contributed by atoms with Gasteiger partial charge in [-0.3, -0.25) is 14.5 Å². The number of thioether (sulfide) groups is 1. The van der Waals surface area contributed by atoms with Gasteiger partial charge in [-0.2, -0.15) is 0 Å². The molecular formula is C25H21ClFNO3S. The van der Waals surface area contributed by atoms with Crippen LogP contribution in [0.4, 0.5) is 9.18 Å². The van der Waals surface area contributed by atoms with Gasteiger partial charge < -0.3 is 4.74 Å². The smallest absolute Gasteiger partial charge is 0.293 e. The molecule has 0 radical (unpaired) electrons. The predicted octanol–water partition coefficient (Wildman–Crippen LogP) is 7.05. The summed E-state index contributed by atoms with van der Waals surface area (Å²) in [5.74, 6) is -0.351. The number of hydrogen-bond donors (Lipinski definition) is 0. The molecule has 0 spiro atoms. The molecule has 1 aliphatic heterocycles. The molecule has 0 atom stereocenters. The van der Waals surface area contributed by atoms with Crippen LogP contribution in [0.3, 0.4) is 0 Å². The maximum Gasteiger partial charge on any atom is 0.293 e. The van der Waals surface area contributed by atoms with Gasteiger partial charge in [0.25, 0.3) is 11.1 Å². The minimum atomic E-state index is -0.554. The molecule has 1 fully saturated rings. The van der Waals surface area contributed by atoms with Crippen LogP contribution in [0.25, 0.3) is 16.8 Å². The highest BCUT2D eigenvalue weighted by Gasteiger charge is 2.35. The van der Waals surface area contributed by atoms with Gasteiger partial charge in [0.15, 0.2) is 0 Å². The summed E-state index contributed by atoms with van der Waals surface area (Å²) in [6.45, 7) is 2.50. The largest absolute Gasteiger partial charge is 0.493 e. The van der Waals surface area contributed by atoms with Gasteiger partial charge in [-0.25, -0.2) is 4.39 Å². The van der Waals surface area contributed by atoms with Crippen molar-refractivity contribution in [1.82, 2.24) is 4.90 Å². The zero-order valence-electron chi connectivity index (χ0n) is 17.4. The number of imide groups is 1. The molecule has 2 amide bonds. The second-order valence-corrected chi connectivity index (χ2v) is 8.83. The Bertz CT molecular complexity index is 1230. The maximum absolute atomic E-state index is 14.2. The number of halogens is 2. The first-order chi connectivity index (χ1) is 15.5. The van der Waals surface area contributed by atoms with Crippen molar-refractivity contribution in [2.45, 2.75) is 26.3 Å². The number of ether oxygens (including phenoxy) is 1. The summed E-state index contributed by atoms with van der Waals surface area (Å²) >= 11 is 6.64. The molecule has 0 bridgehead atoms. The summed E-state index contributed by atoms with van der Waals surface area (Å²) in [4.78, 5) is 26.9. The fraction of sp³-hybridized carbons (Fsp3) is 0.200. The van der Waals surface area contributed by atoms with E-state index in [4.69, 9.17) is 16.3 Å². The zero-order chi connectivity index (χ0) is 22.7. The van der Waals surface area contributed by atoms with Crippen molar-refractivity contribution < 1.29 is 18.7 Å². The second-order valence-electron chi connectivity index (χ2n) is 7.40. The van der Waals surface area contributed by atoms with Crippen molar-refractivity contribution in [3.05, 3.63) is 81.5 Å². The monoisotopic (exact) mass is 469 g/mol. The molecule has 7 heteroatoms. The van der Waals surface area contributed by atoms with Gasteiger partial charge in [-0.1, -0.05) is 61.3 Å². The van der Waals surface area contributed by atoms with Gasteiger partial charge in [0.05, 0.1) is 18.1 Å². The van der Waals surface area contributed by atoms with E-state index < -0.39 is 17.0 Å². The molecule has 0 saturated carbocycles. The van der Waals surface area contributed by atoms with Gasteiger partial charge >= 0.3 is 0 Å². The van der Waals surface area contributed by atoms with Crippen LogP contribution in [-0.4, -0.2) is 22.7 Å². The Balaban J connectivity index is 1.68. The lowest BCUT2D eigenvalue weighted by Crippen LogP contribution is -2.27. The minimum absolute atomic E-state index is 0.152. The lowest BCUT2D eigenvalue weighted by Gasteiger charge is -2.14. The van der Waals surface area contributed by atoms with Gasteiger partial charge in [0.1, 0.15) is 11.6 Å². The number of rotatable bonds is 7. The van der Waals surface area contributed by atoms with E-state index in [0.29, 0.717) is 12.4 Å². The molecule has 0 aromatic heterocycles. The van der Waals surface area contributed by atoms with E-state index in [-0.39, 0.29) is 22.0 Å². The average Bonchev–Trinajstić information content (AvgIpc) is 3.04. The van der Waals surface area contributed by atoms with Crippen molar-refractivity contribution in [3.8, 4) is 5.75 Å². The Morgan fingerprint density at radius 1 is 1.12 bits per heavy atom. The van der Waals surface area contributed by atoms with Crippen LogP contribution >= 0.6 is 23.4 Å². The van der Waals surface area contributed by atoms with E-state index >= 15 is 0 Å². The van der Waals surface area contributed by atoms with Crippen LogP contribution in [0.5, 0.6) is 5.75 Å². The number of hydrogen-bond acceptors (Lipinski definition) is 4. The number of unbranched alkanes of at least 4 members (excludes halogenated alkanes) is 1. The summed E-state index contributed by atoms with van der Waals surface area (Å²) in [6, 6.07) is 15.9. The number of fused-ring (bicyclic) bond motifs is 1. The van der Waals surface area contributed by atoms with E-state index in [0.717, 1.165) is 45.8 Å². The Hall–Kier alpha value is -2.83. The highest BCUT2D eigenvalue weighted by molar-refractivity contribution is 8.18. The van der Waals surface area contributed by atoms with Crippen LogP contribution in [0.1, 0.15) is 30.9 Å². The van der Waals surface area contributed by atoms with Crippen LogP contribution in [-0.2, 0) is 11.3 Å². The van der Waals surface area contributed by atoms with E-state index in [1.54, 1.807) is 6.08 Å². The van der Waals surface area contributed by atoms with Crippen molar-refractivity contribution in [1.29, 1.82) is 0 Å². The van der Waals surface area contributed by atoms with E-state index in [1.807, 2.05) is 36.4 Å². The van der Waals surface area contributed by atoms with Crippen molar-refractivity contribution >= 4 is 51.4 Å². The maximum atomic E-state index is 14.2. The van der Waals surface area contributed by atoms with Crippen LogP contribution in [0.2, 0.25) is 5.02 Å². The summed E-state index contributed by atoms with van der Waals surface area (Å²) < 4.78 is 20.2. The lowest BCUT2D eigenvalue weighted by molar-refractivity contribution is -0.123. The van der Waals surface area contributed by atoms with Crippen molar-refractivity contribution in [2.75, 3.05) is 6.61 Å². The highest BCUT2D eigenvalue weighted by Crippen LogP contribution is 2.37. The third kappa shape index (κ3) is 4.66. The van der Waals surface area contributed by atoms with Gasteiger partial charge in [0, 0.05) is 16.1 Å². The fourth-order valence-corrected chi connectivity index (χ4v) is 4.44. The topological polar surface area (TPSA) is 46.6 Å². The molecule has 3 aromatic carbocycles. The van der Waals surface area contributed by atoms with Crippen molar-refractivity contribution in [3.63, 3.8) is 0 Å². The summed E-state index contributed by atoms with van der Waals surface area (Å²) in [6.07, 6.45) is 3.62. The quantitative estimate of drug-likeness (QED) is 0.275. The molecule has 3 aromatic rings. The Morgan fingerprint density at radius 2 is 1.94 bits per heavy atom. The fourth-order valence-electron chi connectivity index (χ4n) is 3.46. The predicted molar refractivity (Wildman–Crippen MR) is 127 cm³/mol. The molecule has 1 saturated heterocycles. The number of amides is 2. The molecule has 4 nitrogen and oxygen atoms in total. The molecule has 1 heterocycles. The number of benzene rings is 3. The standard InChI is InChI=1S/C25H21ClFNO3S/c1-2-3-12-31-22-11-9-16-6-4-5-7-19(16)20(22)14-23-24(29)28(25(30)32-23)15-17-8-10-18(26)13-21(17)27/h4-11,13-14H,2-3,12,15H2,1H3. The molecule has 4 rings (SSSR count). The Kier molecular flexibility index (Phi) is 6.82. The normalized spacial score (nSPS) is 15.2. The number of carbonyl (C=O) groups is 2. The third-order valence-corrected chi connectivity index (χ3v) is 6.32. The molecule has 0 unspecified atom stereocenters. The van der Waals surface area contributed by atoms with Crippen LogP contribution < -0.4 is 4.74 Å². The number of nitrogens with zero attached hydrogens (tertiary/aromatic N) is 1.